The molecule has 8 heteroatoms. The van der Waals surface area contributed by atoms with Crippen molar-refractivity contribution in [3.05, 3.63) is 28.8 Å². The van der Waals surface area contributed by atoms with Crippen molar-refractivity contribution in [3.8, 4) is 0 Å². The number of esters is 1. The minimum Gasteiger partial charge on any atom is -0.449 e. The lowest BCUT2D eigenvalue weighted by atomic mass is 9.89. The molecule has 0 spiro atoms. The molecule has 27 heavy (non-hydrogen) atoms. The van der Waals surface area contributed by atoms with Crippen LogP contribution in [0.2, 0.25) is 0 Å². The molecule has 150 valence electrons. The Morgan fingerprint density at radius 1 is 1.22 bits per heavy atom. The van der Waals surface area contributed by atoms with Gasteiger partial charge in [-0.2, -0.15) is 0 Å². The van der Waals surface area contributed by atoms with Gasteiger partial charge in [-0.1, -0.05) is 19.3 Å². The summed E-state index contributed by atoms with van der Waals surface area (Å²) in [7, 11) is -3.96. The van der Waals surface area contributed by atoms with Crippen LogP contribution in [0.3, 0.4) is 0 Å². The van der Waals surface area contributed by atoms with Crippen molar-refractivity contribution >= 4 is 21.9 Å². The minimum absolute atomic E-state index is 0.0501. The molecule has 0 aromatic heterocycles. The van der Waals surface area contributed by atoms with Crippen LogP contribution in [0.25, 0.3) is 0 Å². The van der Waals surface area contributed by atoms with Crippen molar-refractivity contribution < 1.29 is 22.7 Å². The summed E-state index contributed by atoms with van der Waals surface area (Å²) in [4.78, 5) is 24.4. The van der Waals surface area contributed by atoms with Crippen LogP contribution < -0.4 is 10.5 Å². The number of amides is 1. The third-order valence-electron chi connectivity index (χ3n) is 5.10. The normalized spacial score (nSPS) is 16.6. The lowest BCUT2D eigenvalue weighted by Crippen LogP contribution is -2.38. The number of nitrogens with two attached hydrogens (primary N) is 1. The predicted octanol–water partition coefficient (Wildman–Crippen LogP) is 2.19. The second-order valence-corrected chi connectivity index (χ2v) is 8.79. The summed E-state index contributed by atoms with van der Waals surface area (Å²) in [5, 5.41) is 8.04. The molecule has 0 heterocycles. The molecule has 0 aliphatic heterocycles. The monoisotopic (exact) mass is 396 g/mol. The van der Waals surface area contributed by atoms with Gasteiger partial charge in [0.25, 0.3) is 5.91 Å². The van der Waals surface area contributed by atoms with E-state index in [0.717, 1.165) is 12.8 Å². The number of aryl methyl sites for hydroxylation is 1. The lowest BCUT2D eigenvalue weighted by molar-refractivity contribution is -0.129. The highest BCUT2D eigenvalue weighted by Gasteiger charge is 2.23. The number of nitrogens with one attached hydrogen (secondary N) is 1. The third kappa shape index (κ3) is 5.77. The first-order valence-corrected chi connectivity index (χ1v) is 10.8. The van der Waals surface area contributed by atoms with Crippen molar-refractivity contribution in [1.29, 1.82) is 0 Å². The fraction of sp³-hybridized carbons (Fsp3) is 0.579. The highest BCUT2D eigenvalue weighted by molar-refractivity contribution is 7.89. The topological polar surface area (TPSA) is 116 Å². The summed E-state index contributed by atoms with van der Waals surface area (Å²) >= 11 is 0. The van der Waals surface area contributed by atoms with Crippen LogP contribution in [0.5, 0.6) is 0 Å². The standard InChI is InChI=1S/C19H28N2O5S/c1-12-9-16(10-17(13(12)2)27(20,24)25)19(23)26-14(3)18(22)21-11-15-7-5-4-6-8-15/h9-10,14-15H,4-8,11H2,1-3H3,(H,21,22)(H2,20,24,25)/t14-/m0/s1. The number of rotatable bonds is 6. The highest BCUT2D eigenvalue weighted by Crippen LogP contribution is 2.23. The van der Waals surface area contributed by atoms with Gasteiger partial charge in [-0.05, 0) is 62.8 Å². The quantitative estimate of drug-likeness (QED) is 0.715. The van der Waals surface area contributed by atoms with E-state index in [1.165, 1.54) is 38.3 Å². The first-order valence-electron chi connectivity index (χ1n) is 9.22. The number of hydrogen-bond acceptors (Lipinski definition) is 5. The molecule has 7 nitrogen and oxygen atoms in total. The van der Waals surface area contributed by atoms with Crippen molar-refractivity contribution in [3.63, 3.8) is 0 Å². The summed E-state index contributed by atoms with van der Waals surface area (Å²) < 4.78 is 28.6. The molecule has 1 aromatic carbocycles. The van der Waals surface area contributed by atoms with E-state index in [-0.39, 0.29) is 16.4 Å². The maximum absolute atomic E-state index is 12.4. The maximum Gasteiger partial charge on any atom is 0.338 e. The number of hydrogen-bond donors (Lipinski definition) is 2. The van der Waals surface area contributed by atoms with E-state index in [4.69, 9.17) is 9.88 Å². The van der Waals surface area contributed by atoms with Crippen LogP contribution in [-0.4, -0.2) is 32.9 Å². The smallest absolute Gasteiger partial charge is 0.338 e. The Bertz CT molecular complexity index is 814. The number of carbonyl (C=O) groups excluding carboxylic acids is 2. The van der Waals surface area contributed by atoms with E-state index >= 15 is 0 Å². The molecule has 1 aromatic rings. The van der Waals surface area contributed by atoms with Crippen molar-refractivity contribution in [2.24, 2.45) is 11.1 Å². The van der Waals surface area contributed by atoms with E-state index in [1.54, 1.807) is 13.8 Å². The van der Waals surface area contributed by atoms with E-state index in [2.05, 4.69) is 5.32 Å². The molecule has 0 radical (unpaired) electrons. The van der Waals surface area contributed by atoms with Crippen molar-refractivity contribution in [2.75, 3.05) is 6.54 Å². The number of carbonyl (C=O) groups is 2. The van der Waals surface area contributed by atoms with Gasteiger partial charge in [0, 0.05) is 6.54 Å². The molecule has 0 bridgehead atoms. The zero-order valence-corrected chi connectivity index (χ0v) is 16.9. The van der Waals surface area contributed by atoms with E-state index in [0.29, 0.717) is 23.6 Å². The van der Waals surface area contributed by atoms with Gasteiger partial charge >= 0.3 is 5.97 Å². The summed E-state index contributed by atoms with van der Waals surface area (Å²) in [6, 6.07) is 2.71. The molecule has 2 rings (SSSR count). The number of ether oxygens (including phenoxy) is 1. The van der Waals surface area contributed by atoms with Crippen LogP contribution in [0.4, 0.5) is 0 Å². The Hall–Kier alpha value is -1.93. The molecule has 1 amide bonds. The van der Waals surface area contributed by atoms with Gasteiger partial charge in [0.1, 0.15) is 0 Å². The van der Waals surface area contributed by atoms with Gasteiger partial charge in [-0.15, -0.1) is 0 Å². The molecule has 0 saturated heterocycles. The Labute approximate surface area is 160 Å². The lowest BCUT2D eigenvalue weighted by Gasteiger charge is -2.22. The van der Waals surface area contributed by atoms with Gasteiger partial charge in [0.15, 0.2) is 6.10 Å². The molecule has 3 N–H and O–H groups in total. The predicted molar refractivity (Wildman–Crippen MR) is 102 cm³/mol. The molecule has 1 aliphatic rings. The fourth-order valence-corrected chi connectivity index (χ4v) is 4.18. The molecule has 1 fully saturated rings. The van der Waals surface area contributed by atoms with Crippen LogP contribution in [0, 0.1) is 19.8 Å². The molecular formula is C19H28N2O5S. The average molecular weight is 397 g/mol. The SMILES string of the molecule is Cc1cc(C(=O)O[C@@H](C)C(=O)NCC2CCCCC2)cc(S(N)(=O)=O)c1C. The second-order valence-electron chi connectivity index (χ2n) is 7.26. The first kappa shape index (κ1) is 21.4. The summed E-state index contributed by atoms with van der Waals surface area (Å²) in [5.74, 6) is -0.643. The number of benzene rings is 1. The Morgan fingerprint density at radius 2 is 1.85 bits per heavy atom. The van der Waals surface area contributed by atoms with Crippen molar-refractivity contribution in [1.82, 2.24) is 5.32 Å². The van der Waals surface area contributed by atoms with Gasteiger partial charge in [0.2, 0.25) is 10.0 Å². The summed E-state index contributed by atoms with van der Waals surface area (Å²) in [6.45, 7) is 5.38. The zero-order valence-electron chi connectivity index (χ0n) is 16.1. The van der Waals surface area contributed by atoms with Gasteiger partial charge < -0.3 is 10.1 Å². The number of sulfonamides is 1. The Balaban J connectivity index is 2.01. The average Bonchev–Trinajstić information content (AvgIpc) is 2.61. The maximum atomic E-state index is 12.4. The molecule has 1 aliphatic carbocycles. The Morgan fingerprint density at radius 3 is 2.44 bits per heavy atom. The minimum atomic E-state index is -3.96. The van der Waals surface area contributed by atoms with Crippen LogP contribution in [0.1, 0.15) is 60.5 Å². The molecular weight excluding hydrogens is 368 g/mol. The van der Waals surface area contributed by atoms with Crippen LogP contribution in [0.15, 0.2) is 17.0 Å². The molecule has 1 saturated carbocycles. The zero-order chi connectivity index (χ0) is 20.2. The van der Waals surface area contributed by atoms with E-state index in [9.17, 15) is 18.0 Å². The third-order valence-corrected chi connectivity index (χ3v) is 6.14. The first-order chi connectivity index (χ1) is 12.6. The van der Waals surface area contributed by atoms with Crippen molar-refractivity contribution in [2.45, 2.75) is 63.9 Å². The van der Waals surface area contributed by atoms with Crippen LogP contribution >= 0.6 is 0 Å². The molecule has 0 unspecified atom stereocenters. The van der Waals surface area contributed by atoms with Gasteiger partial charge in [-0.3, -0.25) is 4.79 Å². The van der Waals surface area contributed by atoms with Crippen LogP contribution in [-0.2, 0) is 19.6 Å². The Kier molecular flexibility index (Phi) is 7.00. The van der Waals surface area contributed by atoms with E-state index in [1.807, 2.05) is 0 Å². The second kappa shape index (κ2) is 8.84. The highest BCUT2D eigenvalue weighted by atomic mass is 32.2. The van der Waals surface area contributed by atoms with Gasteiger partial charge in [-0.25, -0.2) is 18.4 Å². The largest absolute Gasteiger partial charge is 0.449 e. The van der Waals surface area contributed by atoms with E-state index < -0.39 is 22.1 Å². The fourth-order valence-electron chi connectivity index (χ4n) is 3.30. The van der Waals surface area contributed by atoms with Gasteiger partial charge in [0.05, 0.1) is 10.5 Å². The summed E-state index contributed by atoms with van der Waals surface area (Å²) in [6.07, 6.45) is 4.85. The number of primary sulfonamides is 1. The summed E-state index contributed by atoms with van der Waals surface area (Å²) in [5.41, 5.74) is 1.13. The molecule has 1 atom stereocenters.